The summed E-state index contributed by atoms with van der Waals surface area (Å²) in [4.78, 5) is 5.76. The molecule has 50 heavy (non-hydrogen) atoms. The molecule has 0 radical (unpaired) electrons. The van der Waals surface area contributed by atoms with Gasteiger partial charge < -0.3 is 8.80 Å². The normalized spacial score (nSPS) is 15.8. The van der Waals surface area contributed by atoms with Crippen LogP contribution >= 0.6 is 23.5 Å². The lowest BCUT2D eigenvalue weighted by atomic mass is 9.30. The van der Waals surface area contributed by atoms with E-state index < -0.39 is 0 Å². The molecule has 3 aliphatic heterocycles. The first-order chi connectivity index (χ1) is 24.6. The van der Waals surface area contributed by atoms with Crippen LogP contribution in [-0.2, 0) is 5.41 Å². The zero-order valence-corrected chi connectivity index (χ0v) is 28.9. The second kappa shape index (κ2) is 8.10. The minimum absolute atomic E-state index is 0.178. The lowest BCUT2D eigenvalue weighted by Crippen LogP contribution is -2.65. The third kappa shape index (κ3) is 2.52. The van der Waals surface area contributed by atoms with Crippen molar-refractivity contribution in [2.45, 2.75) is 38.8 Å². The van der Waals surface area contributed by atoms with Gasteiger partial charge in [-0.15, -0.1) is 0 Å². The second-order valence-electron chi connectivity index (χ2n) is 15.1. The lowest BCUT2D eigenvalue weighted by molar-refractivity contribution is 0.656. The molecule has 0 saturated heterocycles. The van der Waals surface area contributed by atoms with Crippen LogP contribution in [0, 0.1) is 0 Å². The van der Waals surface area contributed by atoms with Crippen molar-refractivity contribution >= 4 is 123 Å². The summed E-state index contributed by atoms with van der Waals surface area (Å²) < 4.78 is 5.17. The molecule has 0 atom stereocenters. The van der Waals surface area contributed by atoms with E-state index >= 15 is 0 Å². The van der Waals surface area contributed by atoms with Gasteiger partial charge in [-0.05, 0) is 63.9 Å². The fraction of sp³-hybridized carbons (Fsp3) is 0.0667. The average molecular weight is 669 g/mol. The van der Waals surface area contributed by atoms with Crippen molar-refractivity contribution in [3.8, 4) is 0 Å². The molecule has 7 heterocycles. The van der Waals surface area contributed by atoms with E-state index in [1.807, 2.05) is 23.5 Å². The Bertz CT molecular complexity index is 3200. The maximum absolute atomic E-state index is 2.59. The van der Waals surface area contributed by atoms with E-state index in [-0.39, 0.29) is 12.1 Å². The highest BCUT2D eigenvalue weighted by atomic mass is 32.2. The number of benzene rings is 7. The quantitative estimate of drug-likeness (QED) is 0.149. The maximum Gasteiger partial charge on any atom is 0.248 e. The highest BCUT2D eigenvalue weighted by Gasteiger charge is 2.52. The van der Waals surface area contributed by atoms with Gasteiger partial charge in [0.1, 0.15) is 0 Å². The molecule has 0 bridgehead atoms. The van der Waals surface area contributed by atoms with Crippen LogP contribution in [0.1, 0.15) is 25.0 Å². The van der Waals surface area contributed by atoms with Crippen LogP contribution in [0.2, 0.25) is 0 Å². The molecule has 0 fully saturated rings. The molecule has 5 heteroatoms. The van der Waals surface area contributed by atoms with Gasteiger partial charge in [-0.2, -0.15) is 0 Å². The summed E-state index contributed by atoms with van der Waals surface area (Å²) in [5.74, 6) is 0. The highest BCUT2D eigenvalue weighted by molar-refractivity contribution is 8.01. The summed E-state index contributed by atoms with van der Waals surface area (Å²) in [6.07, 6.45) is 0. The Morgan fingerprint density at radius 3 is 1.24 bits per heavy atom. The standard InChI is InChI=1S/C45H25BN2S2/c1-45(2)36-32-22-12-3-7-16-26(22)47-28-18-9-5-14-24(28)34(41(32)47)43-39(36)46-38-30(49-43)20-11-21-31(38)50-44-35-25-15-6-10-19-29(25)48-27-17-8-4-13-23(27)33(42(35)48)37(45)40(44)46/h3-21H,1-2H3. The summed E-state index contributed by atoms with van der Waals surface area (Å²) in [7, 11) is 0. The van der Waals surface area contributed by atoms with Crippen molar-refractivity contribution in [1.82, 2.24) is 8.80 Å². The Labute approximate surface area is 295 Å². The van der Waals surface area contributed by atoms with E-state index in [0.29, 0.717) is 0 Å². The van der Waals surface area contributed by atoms with Gasteiger partial charge in [0.15, 0.2) is 0 Å². The first-order valence-electron chi connectivity index (χ1n) is 17.6. The summed E-state index contributed by atoms with van der Waals surface area (Å²) in [6.45, 7) is 5.27. The predicted octanol–water partition coefficient (Wildman–Crippen LogP) is 10.1. The molecule has 0 N–H and O–H groups in total. The predicted molar refractivity (Wildman–Crippen MR) is 214 cm³/mol. The number of fused-ring (bicyclic) bond motifs is 16. The fourth-order valence-corrected chi connectivity index (χ4v) is 13.8. The number of rotatable bonds is 0. The summed E-state index contributed by atoms with van der Waals surface area (Å²) in [6, 6.07) is 43.7. The van der Waals surface area contributed by atoms with Gasteiger partial charge in [-0.25, -0.2) is 0 Å². The Morgan fingerprint density at radius 2 is 0.820 bits per heavy atom. The smallest absolute Gasteiger partial charge is 0.248 e. The van der Waals surface area contributed by atoms with Crippen molar-refractivity contribution in [1.29, 1.82) is 0 Å². The number of hydrogen-bond donors (Lipinski definition) is 0. The Balaban J connectivity index is 1.33. The van der Waals surface area contributed by atoms with Crippen LogP contribution in [0.15, 0.2) is 135 Å². The van der Waals surface area contributed by atoms with E-state index in [4.69, 9.17) is 0 Å². The monoisotopic (exact) mass is 668 g/mol. The number of aromatic nitrogens is 2. The highest BCUT2D eigenvalue weighted by Crippen LogP contribution is 2.57. The van der Waals surface area contributed by atoms with Crippen molar-refractivity contribution in [3.05, 3.63) is 126 Å². The Morgan fingerprint density at radius 1 is 0.440 bits per heavy atom. The maximum atomic E-state index is 2.59. The van der Waals surface area contributed by atoms with Crippen LogP contribution < -0.4 is 16.4 Å². The van der Waals surface area contributed by atoms with Gasteiger partial charge >= 0.3 is 0 Å². The molecule has 0 unspecified atom stereocenters. The average Bonchev–Trinajstić information content (AvgIpc) is 3.87. The van der Waals surface area contributed by atoms with Gasteiger partial charge in [0.05, 0.1) is 33.1 Å². The molecule has 3 aliphatic rings. The summed E-state index contributed by atoms with van der Waals surface area (Å²) in [5.41, 5.74) is 15.4. The zero-order chi connectivity index (χ0) is 32.4. The molecule has 0 amide bonds. The molecular formula is C45H25BN2S2. The third-order valence-electron chi connectivity index (χ3n) is 12.6. The molecule has 7 aromatic carbocycles. The van der Waals surface area contributed by atoms with Crippen molar-refractivity contribution in [2.24, 2.45) is 0 Å². The molecule has 0 spiro atoms. The molecule has 14 rings (SSSR count). The van der Waals surface area contributed by atoms with Crippen molar-refractivity contribution in [2.75, 3.05) is 0 Å². The fourth-order valence-electron chi connectivity index (χ4n) is 11.0. The summed E-state index contributed by atoms with van der Waals surface area (Å²) in [5, 5.41) is 11.2. The largest absolute Gasteiger partial charge is 0.308 e. The first kappa shape index (κ1) is 25.8. The lowest BCUT2D eigenvalue weighted by Gasteiger charge is -2.46. The van der Waals surface area contributed by atoms with Gasteiger partial charge in [-0.1, -0.05) is 116 Å². The van der Waals surface area contributed by atoms with Crippen molar-refractivity contribution < 1.29 is 0 Å². The van der Waals surface area contributed by atoms with Gasteiger partial charge in [-0.3, -0.25) is 0 Å². The minimum Gasteiger partial charge on any atom is -0.308 e. The molecule has 0 aliphatic carbocycles. The third-order valence-corrected chi connectivity index (χ3v) is 15.0. The van der Waals surface area contributed by atoms with Crippen LogP contribution in [0.3, 0.4) is 0 Å². The van der Waals surface area contributed by atoms with E-state index in [0.717, 1.165) is 0 Å². The number of hydrogen-bond acceptors (Lipinski definition) is 2. The SMILES string of the molecule is CC1(C)c2c3c(c4c5ccccc5n5c6ccccc6c2c45)Sc2cccc4c2B3c2c(c3c5ccccc5n5c6ccccc6c(c21)c35)S4. The first-order valence-corrected chi connectivity index (χ1v) is 19.2. The van der Waals surface area contributed by atoms with E-state index in [2.05, 4.69) is 138 Å². The van der Waals surface area contributed by atoms with Gasteiger partial charge in [0.2, 0.25) is 6.71 Å². The summed E-state index contributed by atoms with van der Waals surface area (Å²) >= 11 is 4.05. The van der Waals surface area contributed by atoms with Crippen LogP contribution in [0.4, 0.5) is 0 Å². The zero-order valence-electron chi connectivity index (χ0n) is 27.3. The molecule has 2 nitrogen and oxygen atoms in total. The Hall–Kier alpha value is -5.10. The topological polar surface area (TPSA) is 8.82 Å². The molecular weight excluding hydrogens is 643 g/mol. The van der Waals surface area contributed by atoms with Crippen LogP contribution in [0.5, 0.6) is 0 Å². The van der Waals surface area contributed by atoms with E-state index in [1.165, 1.54) is 112 Å². The molecule has 11 aromatic rings. The molecule has 4 aromatic heterocycles. The van der Waals surface area contributed by atoms with Crippen LogP contribution in [-0.4, -0.2) is 15.5 Å². The van der Waals surface area contributed by atoms with Gasteiger partial charge in [0, 0.05) is 68.1 Å². The van der Waals surface area contributed by atoms with Gasteiger partial charge in [0.25, 0.3) is 0 Å². The van der Waals surface area contributed by atoms with Crippen LogP contribution in [0.25, 0.3) is 76.2 Å². The number of para-hydroxylation sites is 4. The molecule has 230 valence electrons. The molecule has 0 saturated carbocycles. The van der Waals surface area contributed by atoms with E-state index in [1.54, 1.807) is 10.9 Å². The van der Waals surface area contributed by atoms with E-state index in [9.17, 15) is 0 Å². The van der Waals surface area contributed by atoms with Crippen molar-refractivity contribution in [3.63, 3.8) is 0 Å². The minimum atomic E-state index is -0.264. The Kier molecular flexibility index (Phi) is 4.18. The second-order valence-corrected chi connectivity index (χ2v) is 17.2. The number of nitrogens with zero attached hydrogens (tertiary/aromatic N) is 2.